The van der Waals surface area contributed by atoms with Crippen molar-refractivity contribution in [2.24, 2.45) is 0 Å². The molecule has 0 spiro atoms. The Kier molecular flexibility index (Phi) is 4.03. The summed E-state index contributed by atoms with van der Waals surface area (Å²) in [6.07, 6.45) is 0. The van der Waals surface area contributed by atoms with Crippen LogP contribution in [0, 0.1) is 0 Å². The van der Waals surface area contributed by atoms with E-state index in [9.17, 15) is 0 Å². The summed E-state index contributed by atoms with van der Waals surface area (Å²) in [6.45, 7) is 0. The van der Waals surface area contributed by atoms with Crippen molar-refractivity contribution >= 4 is 23.8 Å². The van der Waals surface area contributed by atoms with E-state index < -0.39 is 0 Å². The van der Waals surface area contributed by atoms with Crippen LogP contribution < -0.4 is 16.2 Å². The van der Waals surface area contributed by atoms with Gasteiger partial charge in [0.15, 0.2) is 0 Å². The normalized spacial score (nSPS) is 9.25. The number of benzene rings is 2. The van der Waals surface area contributed by atoms with Crippen LogP contribution in [-0.4, -0.2) is 0 Å². The lowest BCUT2D eigenvalue weighted by atomic mass is 10.2. The Labute approximate surface area is 100 Å². The summed E-state index contributed by atoms with van der Waals surface area (Å²) in [5.74, 6) is 1.47. The molecule has 16 heavy (non-hydrogen) atoms. The maximum atomic E-state index is 5.67. The lowest BCUT2D eigenvalue weighted by Crippen LogP contribution is -1.94. The van der Waals surface area contributed by atoms with Crippen molar-refractivity contribution in [3.05, 3.63) is 48.5 Å². The average Bonchev–Trinajstić information content (AvgIpc) is 2.25. The second-order valence-electron chi connectivity index (χ2n) is 3.21. The molecule has 2 rings (SSSR count). The van der Waals surface area contributed by atoms with Crippen molar-refractivity contribution in [3.63, 3.8) is 0 Å². The zero-order chi connectivity index (χ0) is 10.7. The van der Waals surface area contributed by atoms with Gasteiger partial charge < -0.3 is 16.2 Å². The van der Waals surface area contributed by atoms with Gasteiger partial charge in [0.2, 0.25) is 0 Å². The molecule has 0 heterocycles. The summed E-state index contributed by atoms with van der Waals surface area (Å²) in [5, 5.41) is 0. The second kappa shape index (κ2) is 5.28. The average molecular weight is 237 g/mol. The van der Waals surface area contributed by atoms with Gasteiger partial charge in [0, 0.05) is 6.07 Å². The van der Waals surface area contributed by atoms with Crippen molar-refractivity contribution in [2.45, 2.75) is 0 Å². The summed E-state index contributed by atoms with van der Waals surface area (Å²) in [6, 6.07) is 14.8. The summed E-state index contributed by atoms with van der Waals surface area (Å²) >= 11 is 0. The number of nitrogen functional groups attached to an aromatic ring is 2. The first-order valence-electron chi connectivity index (χ1n) is 4.63. The van der Waals surface area contributed by atoms with Crippen LogP contribution in [-0.2, 0) is 0 Å². The number of anilines is 2. The zero-order valence-electron chi connectivity index (χ0n) is 8.59. The Bertz CT molecular complexity index is 460. The Morgan fingerprint density at radius 3 is 2.06 bits per heavy atom. The molecule has 0 atom stereocenters. The van der Waals surface area contributed by atoms with Crippen molar-refractivity contribution in [1.82, 2.24) is 0 Å². The van der Waals surface area contributed by atoms with Crippen LogP contribution in [0.15, 0.2) is 48.5 Å². The third-order valence-electron chi connectivity index (χ3n) is 2.04. The van der Waals surface area contributed by atoms with Crippen molar-refractivity contribution in [3.8, 4) is 11.5 Å². The molecule has 84 valence electrons. The Morgan fingerprint density at radius 1 is 0.750 bits per heavy atom. The fraction of sp³-hybridized carbons (Fsp3) is 0. The standard InChI is InChI=1S/C12H12N2O.ClH/c13-11-7-6-10(8-12(11)14)15-9-4-2-1-3-5-9;/h1-8H,13-14H2;1H. The lowest BCUT2D eigenvalue weighted by Gasteiger charge is -2.07. The summed E-state index contributed by atoms with van der Waals surface area (Å²) < 4.78 is 5.58. The van der Waals surface area contributed by atoms with E-state index in [0.29, 0.717) is 17.1 Å². The van der Waals surface area contributed by atoms with Gasteiger partial charge in [0.1, 0.15) is 11.5 Å². The predicted octanol–water partition coefficient (Wildman–Crippen LogP) is 3.07. The number of hydrogen-bond acceptors (Lipinski definition) is 3. The highest BCUT2D eigenvalue weighted by atomic mass is 35.5. The largest absolute Gasteiger partial charge is 0.457 e. The maximum Gasteiger partial charge on any atom is 0.129 e. The highest BCUT2D eigenvalue weighted by Gasteiger charge is 1.99. The number of hydrogen-bond donors (Lipinski definition) is 2. The van der Waals surface area contributed by atoms with Crippen LogP contribution in [0.2, 0.25) is 0 Å². The Hall–Kier alpha value is -1.87. The van der Waals surface area contributed by atoms with Gasteiger partial charge in [0.05, 0.1) is 11.4 Å². The first kappa shape index (κ1) is 12.2. The van der Waals surface area contributed by atoms with Crippen molar-refractivity contribution in [1.29, 1.82) is 0 Å². The molecule has 0 saturated heterocycles. The van der Waals surface area contributed by atoms with Gasteiger partial charge in [-0.15, -0.1) is 12.4 Å². The number of rotatable bonds is 2. The highest BCUT2D eigenvalue weighted by molar-refractivity contribution is 5.85. The summed E-state index contributed by atoms with van der Waals surface area (Å²) in [7, 11) is 0. The minimum absolute atomic E-state index is 0. The molecule has 0 fully saturated rings. The van der Waals surface area contributed by atoms with E-state index in [1.54, 1.807) is 18.2 Å². The second-order valence-corrected chi connectivity index (χ2v) is 3.21. The SMILES string of the molecule is Cl.Nc1ccc(Oc2ccccc2)cc1N. The van der Waals surface area contributed by atoms with Crippen LogP contribution in [0.4, 0.5) is 11.4 Å². The summed E-state index contributed by atoms with van der Waals surface area (Å²) in [4.78, 5) is 0. The van der Waals surface area contributed by atoms with Crippen LogP contribution in [0.3, 0.4) is 0 Å². The third kappa shape index (κ3) is 2.81. The number of para-hydroxylation sites is 1. The molecule has 0 aliphatic rings. The highest BCUT2D eigenvalue weighted by Crippen LogP contribution is 2.25. The fourth-order valence-corrected chi connectivity index (χ4v) is 1.24. The van der Waals surface area contributed by atoms with Gasteiger partial charge in [0.25, 0.3) is 0 Å². The molecule has 0 amide bonds. The molecule has 2 aromatic carbocycles. The van der Waals surface area contributed by atoms with Crippen molar-refractivity contribution < 1.29 is 4.74 Å². The van der Waals surface area contributed by atoms with E-state index in [-0.39, 0.29) is 12.4 Å². The van der Waals surface area contributed by atoms with Gasteiger partial charge in [-0.3, -0.25) is 0 Å². The maximum absolute atomic E-state index is 5.67. The number of nitrogens with two attached hydrogens (primary N) is 2. The first-order chi connectivity index (χ1) is 7.25. The topological polar surface area (TPSA) is 61.3 Å². The molecule has 0 aromatic heterocycles. The predicted molar refractivity (Wildman–Crippen MR) is 69.0 cm³/mol. The lowest BCUT2D eigenvalue weighted by molar-refractivity contribution is 0.483. The minimum Gasteiger partial charge on any atom is -0.457 e. The molecule has 3 nitrogen and oxygen atoms in total. The van der Waals surface area contributed by atoms with Crippen LogP contribution >= 0.6 is 12.4 Å². The molecule has 0 saturated carbocycles. The van der Waals surface area contributed by atoms with E-state index in [0.717, 1.165) is 5.75 Å². The van der Waals surface area contributed by atoms with Gasteiger partial charge in [-0.25, -0.2) is 0 Å². The van der Waals surface area contributed by atoms with E-state index in [1.807, 2.05) is 30.3 Å². The molecule has 4 N–H and O–H groups in total. The van der Waals surface area contributed by atoms with Crippen molar-refractivity contribution in [2.75, 3.05) is 11.5 Å². The molecule has 0 bridgehead atoms. The Morgan fingerprint density at radius 2 is 1.44 bits per heavy atom. The molecule has 0 radical (unpaired) electrons. The molecule has 0 unspecified atom stereocenters. The van der Waals surface area contributed by atoms with Gasteiger partial charge in [-0.1, -0.05) is 18.2 Å². The molecule has 2 aromatic rings. The van der Waals surface area contributed by atoms with E-state index in [1.165, 1.54) is 0 Å². The van der Waals surface area contributed by atoms with Gasteiger partial charge >= 0.3 is 0 Å². The van der Waals surface area contributed by atoms with E-state index in [2.05, 4.69) is 0 Å². The zero-order valence-corrected chi connectivity index (χ0v) is 9.41. The molecular formula is C12H13ClN2O. The quantitative estimate of drug-likeness (QED) is 0.788. The molecule has 0 aliphatic carbocycles. The Balaban J connectivity index is 0.00000128. The molecule has 4 heteroatoms. The smallest absolute Gasteiger partial charge is 0.129 e. The third-order valence-corrected chi connectivity index (χ3v) is 2.04. The van der Waals surface area contributed by atoms with Gasteiger partial charge in [-0.2, -0.15) is 0 Å². The van der Waals surface area contributed by atoms with Crippen LogP contribution in [0.1, 0.15) is 0 Å². The fourth-order valence-electron chi connectivity index (χ4n) is 1.24. The monoisotopic (exact) mass is 236 g/mol. The van der Waals surface area contributed by atoms with Crippen LogP contribution in [0.25, 0.3) is 0 Å². The number of halogens is 1. The summed E-state index contributed by atoms with van der Waals surface area (Å²) in [5.41, 5.74) is 12.4. The van der Waals surface area contributed by atoms with Crippen LogP contribution in [0.5, 0.6) is 11.5 Å². The molecule has 0 aliphatic heterocycles. The number of ether oxygens (including phenoxy) is 1. The van der Waals surface area contributed by atoms with E-state index >= 15 is 0 Å². The first-order valence-corrected chi connectivity index (χ1v) is 4.63. The minimum atomic E-state index is 0. The van der Waals surface area contributed by atoms with Gasteiger partial charge in [-0.05, 0) is 24.3 Å². The van der Waals surface area contributed by atoms with E-state index in [4.69, 9.17) is 16.2 Å². The molecular weight excluding hydrogens is 224 g/mol.